The number of piperidine rings is 1. The van der Waals surface area contributed by atoms with Gasteiger partial charge in [0.1, 0.15) is 5.65 Å². The fraction of sp³-hybridized carbons (Fsp3) is 0.467. The van der Waals surface area contributed by atoms with E-state index in [9.17, 15) is 0 Å². The van der Waals surface area contributed by atoms with Gasteiger partial charge in [-0.25, -0.2) is 9.98 Å². The number of aromatic nitrogens is 2. The van der Waals surface area contributed by atoms with Crippen LogP contribution in [0.25, 0.3) is 5.65 Å². The van der Waals surface area contributed by atoms with Gasteiger partial charge in [0.25, 0.3) is 0 Å². The topological polar surface area (TPSA) is 58.9 Å². The molecule has 3 rings (SSSR count). The standard InChI is InChI=1S/C15H20ClN5.HI/c1-11-4-6-20(7-5-11)15(17)18-8-13-10-21-9-12(16)2-3-14(21)19-13;/h2-3,9-11H,4-8H2,1H3,(H2,17,18);1H. The van der Waals surface area contributed by atoms with E-state index in [0.717, 1.165) is 30.3 Å². The lowest BCUT2D eigenvalue weighted by atomic mass is 10.00. The van der Waals surface area contributed by atoms with E-state index in [2.05, 4.69) is 21.8 Å². The van der Waals surface area contributed by atoms with Crippen molar-refractivity contribution in [2.75, 3.05) is 13.1 Å². The Hall–Kier alpha value is -1.02. The largest absolute Gasteiger partial charge is 0.370 e. The molecule has 0 atom stereocenters. The van der Waals surface area contributed by atoms with Crippen molar-refractivity contribution in [3.05, 3.63) is 35.2 Å². The number of aliphatic imine (C=N–C) groups is 1. The second-order valence-electron chi connectivity index (χ2n) is 5.69. The molecule has 0 saturated carbocycles. The first kappa shape index (κ1) is 17.3. The molecular weight excluding hydrogens is 413 g/mol. The van der Waals surface area contributed by atoms with E-state index in [1.54, 1.807) is 0 Å². The molecule has 2 aromatic rings. The molecule has 7 heteroatoms. The molecule has 0 bridgehead atoms. The number of imidazole rings is 1. The summed E-state index contributed by atoms with van der Waals surface area (Å²) in [6.45, 7) is 4.78. The third-order valence-electron chi connectivity index (χ3n) is 3.98. The molecule has 5 nitrogen and oxygen atoms in total. The fourth-order valence-corrected chi connectivity index (χ4v) is 2.76. The minimum Gasteiger partial charge on any atom is -0.370 e. The summed E-state index contributed by atoms with van der Waals surface area (Å²) in [5.41, 5.74) is 7.84. The highest BCUT2D eigenvalue weighted by Gasteiger charge is 2.16. The molecule has 0 amide bonds. The maximum absolute atomic E-state index is 6.08. The number of pyridine rings is 1. The average Bonchev–Trinajstić information content (AvgIpc) is 2.87. The predicted molar refractivity (Wildman–Crippen MR) is 101 cm³/mol. The van der Waals surface area contributed by atoms with E-state index in [1.807, 2.05) is 28.9 Å². The number of halogens is 2. The Balaban J connectivity index is 0.00000176. The van der Waals surface area contributed by atoms with Gasteiger partial charge in [0.2, 0.25) is 0 Å². The Kier molecular flexibility index (Phi) is 5.91. The first-order valence-corrected chi connectivity index (χ1v) is 7.67. The van der Waals surface area contributed by atoms with Crippen LogP contribution >= 0.6 is 35.6 Å². The Morgan fingerprint density at radius 3 is 2.82 bits per heavy atom. The number of nitrogens with two attached hydrogens (primary N) is 1. The van der Waals surface area contributed by atoms with Crippen molar-refractivity contribution in [3.63, 3.8) is 0 Å². The van der Waals surface area contributed by atoms with Crippen LogP contribution < -0.4 is 5.73 Å². The quantitative estimate of drug-likeness (QED) is 0.450. The van der Waals surface area contributed by atoms with Crippen LogP contribution in [-0.2, 0) is 6.54 Å². The molecule has 1 aliphatic rings. The molecule has 3 heterocycles. The number of guanidine groups is 1. The molecule has 0 unspecified atom stereocenters. The first-order valence-electron chi connectivity index (χ1n) is 7.30. The molecule has 0 radical (unpaired) electrons. The zero-order valence-corrected chi connectivity index (χ0v) is 15.7. The van der Waals surface area contributed by atoms with Gasteiger partial charge >= 0.3 is 0 Å². The minimum absolute atomic E-state index is 0. The van der Waals surface area contributed by atoms with Gasteiger partial charge in [-0.05, 0) is 30.9 Å². The summed E-state index contributed by atoms with van der Waals surface area (Å²) in [7, 11) is 0. The zero-order chi connectivity index (χ0) is 14.8. The van der Waals surface area contributed by atoms with Gasteiger partial charge in [-0.2, -0.15) is 0 Å². The van der Waals surface area contributed by atoms with E-state index >= 15 is 0 Å². The molecule has 1 fully saturated rings. The summed E-state index contributed by atoms with van der Waals surface area (Å²) in [6.07, 6.45) is 6.15. The summed E-state index contributed by atoms with van der Waals surface area (Å²) in [5.74, 6) is 1.41. The van der Waals surface area contributed by atoms with Gasteiger partial charge in [0.15, 0.2) is 5.96 Å². The average molecular weight is 434 g/mol. The molecule has 0 aromatic carbocycles. The van der Waals surface area contributed by atoms with Crippen LogP contribution in [0.3, 0.4) is 0 Å². The third kappa shape index (κ3) is 4.04. The van der Waals surface area contributed by atoms with Crippen LogP contribution in [0.4, 0.5) is 0 Å². The maximum atomic E-state index is 6.08. The molecular formula is C15H21ClIN5. The number of hydrogen-bond donors (Lipinski definition) is 1. The second-order valence-corrected chi connectivity index (χ2v) is 6.13. The number of likely N-dealkylation sites (tertiary alicyclic amines) is 1. The Morgan fingerprint density at radius 1 is 1.36 bits per heavy atom. The Bertz CT molecular complexity index is 661. The molecule has 120 valence electrons. The zero-order valence-electron chi connectivity index (χ0n) is 12.6. The number of fused-ring (bicyclic) bond motifs is 1. The normalized spacial score (nSPS) is 16.8. The SMILES string of the molecule is CC1CCN(C(N)=NCc2cn3cc(Cl)ccc3n2)CC1.I. The molecule has 1 saturated heterocycles. The lowest BCUT2D eigenvalue weighted by Gasteiger charge is -2.30. The van der Waals surface area contributed by atoms with Gasteiger partial charge in [-0.1, -0.05) is 18.5 Å². The Morgan fingerprint density at radius 2 is 2.09 bits per heavy atom. The van der Waals surface area contributed by atoms with Crippen LogP contribution in [0.15, 0.2) is 29.5 Å². The molecule has 1 aliphatic heterocycles. The smallest absolute Gasteiger partial charge is 0.191 e. The highest BCUT2D eigenvalue weighted by atomic mass is 127. The number of rotatable bonds is 2. The minimum atomic E-state index is 0. The summed E-state index contributed by atoms with van der Waals surface area (Å²) >= 11 is 5.97. The van der Waals surface area contributed by atoms with Crippen LogP contribution in [0.1, 0.15) is 25.5 Å². The van der Waals surface area contributed by atoms with Crippen LogP contribution in [-0.4, -0.2) is 33.3 Å². The highest BCUT2D eigenvalue weighted by Crippen LogP contribution is 2.16. The molecule has 2 aromatic heterocycles. The first-order chi connectivity index (χ1) is 10.1. The summed E-state index contributed by atoms with van der Waals surface area (Å²) in [5, 5.41) is 0.692. The molecule has 2 N–H and O–H groups in total. The highest BCUT2D eigenvalue weighted by molar-refractivity contribution is 14.0. The molecule has 0 spiro atoms. The lowest BCUT2D eigenvalue weighted by molar-refractivity contribution is 0.277. The van der Waals surface area contributed by atoms with E-state index in [4.69, 9.17) is 17.3 Å². The van der Waals surface area contributed by atoms with Gasteiger partial charge in [0, 0.05) is 25.5 Å². The van der Waals surface area contributed by atoms with Crippen molar-refractivity contribution in [1.29, 1.82) is 0 Å². The summed E-state index contributed by atoms with van der Waals surface area (Å²) < 4.78 is 1.91. The second kappa shape index (κ2) is 7.50. The molecule has 0 aliphatic carbocycles. The van der Waals surface area contributed by atoms with Crippen molar-refractivity contribution in [3.8, 4) is 0 Å². The van der Waals surface area contributed by atoms with Gasteiger partial charge in [-0.3, -0.25) is 0 Å². The van der Waals surface area contributed by atoms with Crippen LogP contribution in [0.2, 0.25) is 5.02 Å². The fourth-order valence-electron chi connectivity index (χ4n) is 2.59. The van der Waals surface area contributed by atoms with Crippen molar-refractivity contribution < 1.29 is 0 Å². The van der Waals surface area contributed by atoms with Crippen molar-refractivity contribution in [2.45, 2.75) is 26.3 Å². The Labute approximate surface area is 152 Å². The van der Waals surface area contributed by atoms with E-state index in [0.29, 0.717) is 17.5 Å². The summed E-state index contributed by atoms with van der Waals surface area (Å²) in [4.78, 5) is 11.1. The van der Waals surface area contributed by atoms with Crippen molar-refractivity contribution in [2.24, 2.45) is 16.6 Å². The van der Waals surface area contributed by atoms with Gasteiger partial charge in [0.05, 0.1) is 17.3 Å². The number of hydrogen-bond acceptors (Lipinski definition) is 2. The third-order valence-corrected chi connectivity index (χ3v) is 4.20. The lowest BCUT2D eigenvalue weighted by Crippen LogP contribution is -2.42. The molecule has 22 heavy (non-hydrogen) atoms. The van der Waals surface area contributed by atoms with E-state index < -0.39 is 0 Å². The summed E-state index contributed by atoms with van der Waals surface area (Å²) in [6, 6.07) is 3.73. The van der Waals surface area contributed by atoms with E-state index in [1.165, 1.54) is 12.8 Å². The van der Waals surface area contributed by atoms with Crippen LogP contribution in [0.5, 0.6) is 0 Å². The van der Waals surface area contributed by atoms with Crippen molar-refractivity contribution in [1.82, 2.24) is 14.3 Å². The van der Waals surface area contributed by atoms with Gasteiger partial charge in [-0.15, -0.1) is 24.0 Å². The van der Waals surface area contributed by atoms with Crippen LogP contribution in [0, 0.1) is 5.92 Å². The predicted octanol–water partition coefficient (Wildman–Crippen LogP) is 3.15. The monoisotopic (exact) mass is 433 g/mol. The maximum Gasteiger partial charge on any atom is 0.191 e. The van der Waals surface area contributed by atoms with Gasteiger partial charge < -0.3 is 15.0 Å². The number of nitrogens with zero attached hydrogens (tertiary/aromatic N) is 4. The van der Waals surface area contributed by atoms with Crippen molar-refractivity contribution >= 4 is 47.2 Å². The van der Waals surface area contributed by atoms with E-state index in [-0.39, 0.29) is 24.0 Å².